The van der Waals surface area contributed by atoms with Crippen LogP contribution in [0.15, 0.2) is 36.4 Å². The number of amides is 1. The van der Waals surface area contributed by atoms with Crippen molar-refractivity contribution in [3.8, 4) is 11.5 Å². The SMILES string of the molecule is O=C(COC(=O)c1cc(Cl)c2c(c1)OCCCO2)Nc1ccccc1[N+](=O)[O-]. The zero-order chi connectivity index (χ0) is 20.1. The Morgan fingerprint density at radius 2 is 1.96 bits per heavy atom. The van der Waals surface area contributed by atoms with Gasteiger partial charge in [-0.15, -0.1) is 0 Å². The molecule has 0 aliphatic carbocycles. The number of benzene rings is 2. The first-order chi connectivity index (χ1) is 13.5. The average molecular weight is 407 g/mol. The molecule has 0 fully saturated rings. The van der Waals surface area contributed by atoms with Crippen LogP contribution in [0.3, 0.4) is 0 Å². The third-order valence-electron chi connectivity index (χ3n) is 3.75. The zero-order valence-electron chi connectivity index (χ0n) is 14.5. The van der Waals surface area contributed by atoms with Crippen LogP contribution in [0, 0.1) is 10.1 Å². The summed E-state index contributed by atoms with van der Waals surface area (Å²) in [6.07, 6.45) is 0.677. The Labute approximate surface area is 164 Å². The third kappa shape index (κ3) is 4.49. The van der Waals surface area contributed by atoms with E-state index in [1.165, 1.54) is 36.4 Å². The van der Waals surface area contributed by atoms with Gasteiger partial charge in [-0.05, 0) is 18.2 Å². The van der Waals surface area contributed by atoms with Crippen LogP contribution in [-0.4, -0.2) is 36.6 Å². The topological polar surface area (TPSA) is 117 Å². The number of fused-ring (bicyclic) bond motifs is 1. The van der Waals surface area contributed by atoms with E-state index in [1.54, 1.807) is 0 Å². The summed E-state index contributed by atoms with van der Waals surface area (Å²) in [5, 5.41) is 13.5. The van der Waals surface area contributed by atoms with Gasteiger partial charge in [-0.3, -0.25) is 14.9 Å². The molecule has 9 nitrogen and oxygen atoms in total. The number of hydrogen-bond donors (Lipinski definition) is 1. The van der Waals surface area contributed by atoms with Crippen molar-refractivity contribution >= 4 is 34.9 Å². The van der Waals surface area contributed by atoms with Crippen LogP contribution in [0.2, 0.25) is 5.02 Å². The molecule has 10 heteroatoms. The molecule has 0 unspecified atom stereocenters. The number of esters is 1. The molecule has 1 heterocycles. The fraction of sp³-hybridized carbons (Fsp3) is 0.222. The summed E-state index contributed by atoms with van der Waals surface area (Å²) >= 11 is 6.13. The van der Waals surface area contributed by atoms with Crippen LogP contribution in [-0.2, 0) is 9.53 Å². The van der Waals surface area contributed by atoms with Crippen LogP contribution in [0.4, 0.5) is 11.4 Å². The fourth-order valence-electron chi connectivity index (χ4n) is 2.49. The molecule has 0 bridgehead atoms. The molecule has 0 spiro atoms. The van der Waals surface area contributed by atoms with E-state index in [0.29, 0.717) is 31.1 Å². The second kappa shape index (κ2) is 8.57. The normalized spacial score (nSPS) is 12.6. The number of carbonyl (C=O) groups is 2. The molecule has 146 valence electrons. The van der Waals surface area contributed by atoms with Gasteiger partial charge in [0.2, 0.25) is 0 Å². The van der Waals surface area contributed by atoms with Crippen LogP contribution >= 0.6 is 11.6 Å². The monoisotopic (exact) mass is 406 g/mol. The summed E-state index contributed by atoms with van der Waals surface area (Å²) < 4.78 is 15.9. The molecule has 0 aromatic heterocycles. The average Bonchev–Trinajstić information content (AvgIpc) is 2.92. The number of para-hydroxylation sites is 2. The summed E-state index contributed by atoms with van der Waals surface area (Å²) in [6.45, 7) is 0.235. The van der Waals surface area contributed by atoms with Gasteiger partial charge in [-0.1, -0.05) is 23.7 Å². The van der Waals surface area contributed by atoms with Gasteiger partial charge in [0, 0.05) is 12.5 Å². The fourth-order valence-corrected chi connectivity index (χ4v) is 2.75. The summed E-state index contributed by atoms with van der Waals surface area (Å²) in [6, 6.07) is 8.42. The number of nitro groups is 1. The number of halogens is 1. The Morgan fingerprint density at radius 1 is 1.21 bits per heavy atom. The molecule has 2 aromatic rings. The predicted octanol–water partition coefficient (Wildman–Crippen LogP) is 3.21. The number of nitro benzene ring substituents is 1. The van der Waals surface area contributed by atoms with Crippen molar-refractivity contribution < 1.29 is 28.7 Å². The lowest BCUT2D eigenvalue weighted by molar-refractivity contribution is -0.383. The van der Waals surface area contributed by atoms with Crippen LogP contribution in [0.25, 0.3) is 0 Å². The highest BCUT2D eigenvalue weighted by Gasteiger charge is 2.20. The van der Waals surface area contributed by atoms with Crippen molar-refractivity contribution in [2.75, 3.05) is 25.1 Å². The number of ether oxygens (including phenoxy) is 3. The molecule has 0 saturated heterocycles. The number of nitrogens with one attached hydrogen (secondary N) is 1. The molecule has 1 amide bonds. The minimum Gasteiger partial charge on any atom is -0.489 e. The zero-order valence-corrected chi connectivity index (χ0v) is 15.2. The molecule has 0 radical (unpaired) electrons. The van der Waals surface area contributed by atoms with Crippen LogP contribution in [0.1, 0.15) is 16.8 Å². The minimum atomic E-state index is -0.796. The maximum Gasteiger partial charge on any atom is 0.338 e. The highest BCUT2D eigenvalue weighted by Crippen LogP contribution is 2.38. The van der Waals surface area contributed by atoms with Gasteiger partial charge in [0.25, 0.3) is 11.6 Å². The summed E-state index contributed by atoms with van der Waals surface area (Å²) in [4.78, 5) is 34.6. The minimum absolute atomic E-state index is 0.00664. The molecule has 28 heavy (non-hydrogen) atoms. The molecule has 0 saturated carbocycles. The third-order valence-corrected chi connectivity index (χ3v) is 4.03. The van der Waals surface area contributed by atoms with Crippen LogP contribution in [0.5, 0.6) is 11.5 Å². The number of hydrogen-bond acceptors (Lipinski definition) is 7. The second-order valence-electron chi connectivity index (χ2n) is 5.73. The van der Waals surface area contributed by atoms with Crippen molar-refractivity contribution in [1.82, 2.24) is 0 Å². The van der Waals surface area contributed by atoms with Gasteiger partial charge >= 0.3 is 5.97 Å². The molecule has 0 atom stereocenters. The Kier molecular flexibility index (Phi) is 5.95. The second-order valence-corrected chi connectivity index (χ2v) is 6.14. The molecule has 3 rings (SSSR count). The van der Waals surface area contributed by atoms with Crippen molar-refractivity contribution in [1.29, 1.82) is 0 Å². The summed E-state index contributed by atoms with van der Waals surface area (Å²) in [7, 11) is 0. The van der Waals surface area contributed by atoms with Crippen molar-refractivity contribution in [3.05, 3.63) is 57.1 Å². The summed E-state index contributed by atoms with van der Waals surface area (Å²) in [5.41, 5.74) is -0.170. The highest BCUT2D eigenvalue weighted by atomic mass is 35.5. The van der Waals surface area contributed by atoms with Crippen LogP contribution < -0.4 is 14.8 Å². The van der Waals surface area contributed by atoms with Gasteiger partial charge in [0.15, 0.2) is 18.1 Å². The lowest BCUT2D eigenvalue weighted by atomic mass is 10.2. The number of anilines is 1. The predicted molar refractivity (Wildman–Crippen MR) is 99.1 cm³/mol. The largest absolute Gasteiger partial charge is 0.489 e. The van der Waals surface area contributed by atoms with E-state index in [4.69, 9.17) is 25.8 Å². The van der Waals surface area contributed by atoms with E-state index in [2.05, 4.69) is 5.32 Å². The molecule has 1 aliphatic heterocycles. The van der Waals surface area contributed by atoms with Gasteiger partial charge in [-0.2, -0.15) is 0 Å². The Morgan fingerprint density at radius 3 is 2.75 bits per heavy atom. The van der Waals surface area contributed by atoms with Gasteiger partial charge in [-0.25, -0.2) is 4.79 Å². The lowest BCUT2D eigenvalue weighted by Gasteiger charge is -2.11. The van der Waals surface area contributed by atoms with E-state index in [1.807, 2.05) is 0 Å². The quantitative estimate of drug-likeness (QED) is 0.460. The van der Waals surface area contributed by atoms with Crippen molar-refractivity contribution in [2.45, 2.75) is 6.42 Å². The Bertz CT molecular complexity index is 932. The molecule has 2 aromatic carbocycles. The van der Waals surface area contributed by atoms with Gasteiger partial charge in [0.1, 0.15) is 5.69 Å². The maximum atomic E-state index is 12.2. The first kappa shape index (κ1) is 19.4. The Hall–Kier alpha value is -3.33. The molecular weight excluding hydrogens is 392 g/mol. The van der Waals surface area contributed by atoms with E-state index >= 15 is 0 Å². The first-order valence-corrected chi connectivity index (χ1v) is 8.63. The van der Waals surface area contributed by atoms with Gasteiger partial charge in [0.05, 0.1) is 28.7 Å². The van der Waals surface area contributed by atoms with E-state index < -0.39 is 23.4 Å². The Balaban J connectivity index is 1.64. The lowest BCUT2D eigenvalue weighted by Crippen LogP contribution is -2.21. The molecule has 1 aliphatic rings. The number of rotatable bonds is 5. The van der Waals surface area contributed by atoms with E-state index in [0.717, 1.165) is 0 Å². The van der Waals surface area contributed by atoms with E-state index in [-0.39, 0.29) is 22.0 Å². The summed E-state index contributed by atoms with van der Waals surface area (Å²) in [5.74, 6) is -0.843. The van der Waals surface area contributed by atoms with Crippen molar-refractivity contribution in [2.24, 2.45) is 0 Å². The maximum absolute atomic E-state index is 12.2. The standard InChI is InChI=1S/C18H15ClN2O7/c19-12-8-11(9-15-17(12)27-7-3-6-26-15)18(23)28-10-16(22)20-13-4-1-2-5-14(13)21(24)25/h1-2,4-5,8-9H,3,6-7,10H2,(H,20,22). The number of nitrogens with zero attached hydrogens (tertiary/aromatic N) is 1. The smallest absolute Gasteiger partial charge is 0.338 e. The highest BCUT2D eigenvalue weighted by molar-refractivity contribution is 6.32. The van der Waals surface area contributed by atoms with E-state index in [9.17, 15) is 19.7 Å². The molecular formula is C18H15ClN2O7. The molecule has 1 N–H and O–H groups in total. The van der Waals surface area contributed by atoms with Crippen molar-refractivity contribution in [3.63, 3.8) is 0 Å². The van der Waals surface area contributed by atoms with Gasteiger partial charge < -0.3 is 19.5 Å². The number of carbonyl (C=O) groups excluding carboxylic acids is 2. The first-order valence-electron chi connectivity index (χ1n) is 8.25.